The second-order valence-electron chi connectivity index (χ2n) is 5.19. The normalized spacial score (nSPS) is 13.4. The first-order chi connectivity index (χ1) is 10.6. The lowest BCUT2D eigenvalue weighted by Crippen LogP contribution is -2.42. The molecule has 0 radical (unpaired) electrons. The fraction of sp³-hybridized carbons (Fsp3) is 0.176. The first-order valence-corrected chi connectivity index (χ1v) is 7.89. The molecule has 1 aliphatic heterocycles. The van der Waals surface area contributed by atoms with Crippen LogP contribution in [0.2, 0.25) is 0 Å². The van der Waals surface area contributed by atoms with Crippen LogP contribution < -0.4 is 5.32 Å². The van der Waals surface area contributed by atoms with Crippen LogP contribution in [0.25, 0.3) is 0 Å². The van der Waals surface area contributed by atoms with Crippen LogP contribution in [-0.2, 0) is 0 Å². The molecule has 0 atom stereocenters. The summed E-state index contributed by atoms with van der Waals surface area (Å²) in [5.74, 6) is -0.181. The molecule has 2 amide bonds. The number of amides is 2. The number of hydrogen-bond donors (Lipinski definition) is 1. The lowest BCUT2D eigenvalue weighted by Gasteiger charge is -2.31. The zero-order chi connectivity index (χ0) is 15.5. The molecule has 0 unspecified atom stereocenters. The molecule has 2 aromatic rings. The molecule has 1 N–H and O–H groups in total. The molecule has 0 aliphatic carbocycles. The van der Waals surface area contributed by atoms with Crippen LogP contribution in [0, 0.1) is 0 Å². The van der Waals surface area contributed by atoms with E-state index in [-0.39, 0.29) is 11.8 Å². The van der Waals surface area contributed by atoms with Crippen LogP contribution in [-0.4, -0.2) is 29.8 Å². The van der Waals surface area contributed by atoms with Gasteiger partial charge in [-0.3, -0.25) is 9.59 Å². The average molecular weight is 359 g/mol. The maximum Gasteiger partial charge on any atom is 0.255 e. The summed E-state index contributed by atoms with van der Waals surface area (Å²) < 4.78 is 0.849. The molecule has 0 saturated carbocycles. The van der Waals surface area contributed by atoms with E-state index < -0.39 is 0 Å². The summed E-state index contributed by atoms with van der Waals surface area (Å²) in [5.41, 5.74) is 1.79. The minimum Gasteiger partial charge on any atom is -0.339 e. The van der Waals surface area contributed by atoms with Crippen molar-refractivity contribution in [1.29, 1.82) is 0 Å². The number of likely N-dealkylation sites (tertiary alicyclic amines) is 1. The average Bonchev–Trinajstić information content (AvgIpc) is 2.45. The minimum atomic E-state index is -0.199. The third kappa shape index (κ3) is 3.20. The van der Waals surface area contributed by atoms with Gasteiger partial charge in [-0.15, -0.1) is 0 Å². The van der Waals surface area contributed by atoms with Crippen molar-refractivity contribution in [2.75, 3.05) is 18.4 Å². The second-order valence-corrected chi connectivity index (χ2v) is 6.11. The summed E-state index contributed by atoms with van der Waals surface area (Å²) in [6, 6.07) is 14.2. The quantitative estimate of drug-likeness (QED) is 0.911. The molecule has 3 rings (SSSR count). The van der Waals surface area contributed by atoms with Crippen LogP contribution in [0.1, 0.15) is 27.1 Å². The van der Waals surface area contributed by atoms with Gasteiger partial charge in [-0.2, -0.15) is 0 Å². The standard InChI is InChI=1S/C17H15BrN2O2/c18-14-6-1-4-12(10-14)16(21)19-15-7-2-5-13(11-15)17(22)20-8-3-9-20/h1-2,4-7,10-11H,3,8-9H2,(H,19,21). The van der Waals surface area contributed by atoms with Gasteiger partial charge in [-0.05, 0) is 42.8 Å². The number of carbonyl (C=O) groups is 2. The third-order valence-electron chi connectivity index (χ3n) is 3.60. The number of rotatable bonds is 3. The van der Waals surface area contributed by atoms with Crippen molar-refractivity contribution in [1.82, 2.24) is 4.90 Å². The Morgan fingerprint density at radius 2 is 1.73 bits per heavy atom. The maximum absolute atomic E-state index is 12.2. The van der Waals surface area contributed by atoms with Crippen molar-refractivity contribution in [2.45, 2.75) is 6.42 Å². The van der Waals surface area contributed by atoms with Crippen molar-refractivity contribution in [3.8, 4) is 0 Å². The molecule has 1 fully saturated rings. The highest BCUT2D eigenvalue weighted by Gasteiger charge is 2.21. The van der Waals surface area contributed by atoms with Gasteiger partial charge in [0, 0.05) is 34.4 Å². The maximum atomic E-state index is 12.2. The first-order valence-electron chi connectivity index (χ1n) is 7.10. The molecule has 0 spiro atoms. The van der Waals surface area contributed by atoms with Crippen LogP contribution >= 0.6 is 15.9 Å². The number of benzene rings is 2. The highest BCUT2D eigenvalue weighted by atomic mass is 79.9. The Hall–Kier alpha value is -2.14. The molecule has 1 saturated heterocycles. The number of nitrogens with one attached hydrogen (secondary N) is 1. The zero-order valence-corrected chi connectivity index (χ0v) is 13.5. The molecular weight excluding hydrogens is 344 g/mol. The Kier molecular flexibility index (Phi) is 4.24. The van der Waals surface area contributed by atoms with Crippen molar-refractivity contribution in [3.63, 3.8) is 0 Å². The van der Waals surface area contributed by atoms with E-state index in [4.69, 9.17) is 0 Å². The molecular formula is C17H15BrN2O2. The van der Waals surface area contributed by atoms with E-state index in [2.05, 4.69) is 21.2 Å². The van der Waals surface area contributed by atoms with Gasteiger partial charge in [-0.25, -0.2) is 0 Å². The predicted octanol–water partition coefficient (Wildman–Crippen LogP) is 3.55. The van der Waals surface area contributed by atoms with Crippen LogP contribution in [0.15, 0.2) is 53.0 Å². The molecule has 1 aliphatic rings. The minimum absolute atomic E-state index is 0.0183. The van der Waals surface area contributed by atoms with E-state index >= 15 is 0 Å². The molecule has 22 heavy (non-hydrogen) atoms. The van der Waals surface area contributed by atoms with Gasteiger partial charge in [0.1, 0.15) is 0 Å². The molecule has 0 bridgehead atoms. The van der Waals surface area contributed by atoms with Crippen molar-refractivity contribution in [3.05, 3.63) is 64.1 Å². The monoisotopic (exact) mass is 358 g/mol. The van der Waals surface area contributed by atoms with Gasteiger partial charge in [0.05, 0.1) is 0 Å². The van der Waals surface area contributed by atoms with E-state index in [0.717, 1.165) is 24.0 Å². The van der Waals surface area contributed by atoms with Crippen molar-refractivity contribution >= 4 is 33.4 Å². The lowest BCUT2D eigenvalue weighted by atomic mass is 10.1. The van der Waals surface area contributed by atoms with Crippen LogP contribution in [0.5, 0.6) is 0 Å². The highest BCUT2D eigenvalue weighted by Crippen LogP contribution is 2.18. The number of anilines is 1. The van der Waals surface area contributed by atoms with Gasteiger partial charge in [0.2, 0.25) is 0 Å². The summed E-state index contributed by atoms with van der Waals surface area (Å²) in [6.45, 7) is 1.63. The van der Waals surface area contributed by atoms with Gasteiger partial charge in [0.25, 0.3) is 11.8 Å². The Labute approximate surface area is 137 Å². The van der Waals surface area contributed by atoms with Crippen molar-refractivity contribution < 1.29 is 9.59 Å². The largest absolute Gasteiger partial charge is 0.339 e. The fourth-order valence-electron chi connectivity index (χ4n) is 2.26. The summed E-state index contributed by atoms with van der Waals surface area (Å²) in [6.07, 6.45) is 1.06. The van der Waals surface area contributed by atoms with Crippen LogP contribution in [0.3, 0.4) is 0 Å². The summed E-state index contributed by atoms with van der Waals surface area (Å²) >= 11 is 3.35. The fourth-order valence-corrected chi connectivity index (χ4v) is 2.66. The van der Waals surface area contributed by atoms with E-state index in [0.29, 0.717) is 16.8 Å². The van der Waals surface area contributed by atoms with Crippen LogP contribution in [0.4, 0.5) is 5.69 Å². The van der Waals surface area contributed by atoms with Gasteiger partial charge < -0.3 is 10.2 Å². The Morgan fingerprint density at radius 3 is 2.41 bits per heavy atom. The number of hydrogen-bond acceptors (Lipinski definition) is 2. The first kappa shape index (κ1) is 14.8. The van der Waals surface area contributed by atoms with E-state index in [9.17, 15) is 9.59 Å². The molecule has 5 heteroatoms. The molecule has 0 aromatic heterocycles. The summed E-state index contributed by atoms with van der Waals surface area (Å²) in [5, 5.41) is 2.83. The number of halogens is 1. The Balaban J connectivity index is 1.75. The smallest absolute Gasteiger partial charge is 0.255 e. The summed E-state index contributed by atoms with van der Waals surface area (Å²) in [7, 11) is 0. The SMILES string of the molecule is O=C(Nc1cccc(C(=O)N2CCC2)c1)c1cccc(Br)c1. The van der Waals surface area contributed by atoms with Crippen molar-refractivity contribution in [2.24, 2.45) is 0 Å². The number of carbonyl (C=O) groups excluding carboxylic acids is 2. The van der Waals surface area contributed by atoms with Gasteiger partial charge in [-0.1, -0.05) is 28.1 Å². The third-order valence-corrected chi connectivity index (χ3v) is 4.09. The molecule has 1 heterocycles. The molecule has 112 valence electrons. The lowest BCUT2D eigenvalue weighted by molar-refractivity contribution is 0.0651. The number of nitrogens with zero attached hydrogens (tertiary/aromatic N) is 1. The van der Waals surface area contributed by atoms with Gasteiger partial charge in [0.15, 0.2) is 0 Å². The van der Waals surface area contributed by atoms with E-state index in [1.54, 1.807) is 41.3 Å². The topological polar surface area (TPSA) is 49.4 Å². The Morgan fingerprint density at radius 1 is 1.00 bits per heavy atom. The highest BCUT2D eigenvalue weighted by molar-refractivity contribution is 9.10. The molecule has 2 aromatic carbocycles. The molecule has 4 nitrogen and oxygen atoms in total. The second kappa shape index (κ2) is 6.32. The Bertz CT molecular complexity index is 726. The van der Waals surface area contributed by atoms with Gasteiger partial charge >= 0.3 is 0 Å². The van der Waals surface area contributed by atoms with E-state index in [1.807, 2.05) is 12.1 Å². The van der Waals surface area contributed by atoms with E-state index in [1.165, 1.54) is 0 Å². The zero-order valence-electron chi connectivity index (χ0n) is 11.9. The predicted molar refractivity (Wildman–Crippen MR) is 89.1 cm³/mol. The summed E-state index contributed by atoms with van der Waals surface area (Å²) in [4.78, 5) is 26.2.